The summed E-state index contributed by atoms with van der Waals surface area (Å²) in [5.41, 5.74) is 1.38. The Kier molecular flexibility index (Phi) is 3.87. The minimum atomic E-state index is -2.64. The molecule has 9 heteroatoms. The summed E-state index contributed by atoms with van der Waals surface area (Å²) in [7, 11) is 3.70. The van der Waals surface area contributed by atoms with E-state index in [9.17, 15) is 8.78 Å². The topological polar surface area (TPSA) is 69.3 Å². The van der Waals surface area contributed by atoms with Crippen LogP contribution in [0.5, 0.6) is 5.88 Å². The second-order valence-corrected chi connectivity index (χ2v) is 6.22. The second kappa shape index (κ2) is 6.07. The summed E-state index contributed by atoms with van der Waals surface area (Å²) in [5.74, 6) is 0.189. The van der Waals surface area contributed by atoms with Crippen LogP contribution in [0.15, 0.2) is 24.8 Å². The summed E-state index contributed by atoms with van der Waals surface area (Å²) in [6, 6.07) is 0.391. The molecule has 3 heterocycles. The van der Waals surface area contributed by atoms with E-state index in [0.717, 1.165) is 18.4 Å². The largest absolute Gasteiger partial charge is 0.473 e. The highest BCUT2D eigenvalue weighted by Crippen LogP contribution is 2.34. The van der Waals surface area contributed by atoms with E-state index in [4.69, 9.17) is 4.74 Å². The predicted molar refractivity (Wildman–Crippen MR) is 86.6 cm³/mol. The number of nitrogens with zero attached hydrogens (tertiary/aromatic N) is 5. The molecule has 4 rings (SSSR count). The molecule has 0 saturated heterocycles. The molecule has 0 aromatic carbocycles. The maximum absolute atomic E-state index is 13.3. The second-order valence-electron chi connectivity index (χ2n) is 6.22. The number of hydrogen-bond donors (Lipinski definition) is 1. The van der Waals surface area contributed by atoms with Gasteiger partial charge in [-0.3, -0.25) is 4.68 Å². The Morgan fingerprint density at radius 2 is 2.04 bits per heavy atom. The van der Waals surface area contributed by atoms with Crippen molar-refractivity contribution >= 4 is 5.52 Å². The predicted octanol–water partition coefficient (Wildman–Crippen LogP) is 2.20. The number of fused-ring (bicyclic) bond motifs is 1. The zero-order valence-corrected chi connectivity index (χ0v) is 13.9. The average Bonchev–Trinajstić information content (AvgIpc) is 3.16. The van der Waals surface area contributed by atoms with E-state index in [1.807, 2.05) is 7.05 Å². The Bertz CT molecular complexity index is 899. The number of nitrogens with one attached hydrogen (secondary N) is 1. The van der Waals surface area contributed by atoms with Crippen LogP contribution in [-0.4, -0.2) is 43.6 Å². The van der Waals surface area contributed by atoms with Crippen molar-refractivity contribution in [3.05, 3.63) is 30.4 Å². The van der Waals surface area contributed by atoms with Gasteiger partial charge in [0.25, 0.3) is 6.43 Å². The van der Waals surface area contributed by atoms with Gasteiger partial charge in [0.1, 0.15) is 11.6 Å². The van der Waals surface area contributed by atoms with Crippen molar-refractivity contribution in [1.29, 1.82) is 0 Å². The lowest BCUT2D eigenvalue weighted by Crippen LogP contribution is -2.45. The molecule has 1 aliphatic rings. The van der Waals surface area contributed by atoms with Gasteiger partial charge in [-0.1, -0.05) is 0 Å². The monoisotopic (exact) mass is 348 g/mol. The maximum Gasteiger partial charge on any atom is 0.267 e. The van der Waals surface area contributed by atoms with Crippen LogP contribution in [0.1, 0.15) is 24.8 Å². The molecule has 1 saturated carbocycles. The van der Waals surface area contributed by atoms with Crippen LogP contribution in [0, 0.1) is 0 Å². The minimum absolute atomic E-state index is 0.0432. The van der Waals surface area contributed by atoms with Crippen LogP contribution in [-0.2, 0) is 7.05 Å². The van der Waals surface area contributed by atoms with Crippen molar-refractivity contribution in [2.45, 2.75) is 31.4 Å². The fourth-order valence-electron chi connectivity index (χ4n) is 2.99. The summed E-state index contributed by atoms with van der Waals surface area (Å²) >= 11 is 0. The van der Waals surface area contributed by atoms with Gasteiger partial charge in [-0.05, 0) is 19.9 Å². The molecular formula is C16H18F2N6O. The molecule has 1 N–H and O–H groups in total. The highest BCUT2D eigenvalue weighted by atomic mass is 19.3. The molecule has 0 atom stereocenters. The number of ether oxygens (including phenoxy) is 1. The van der Waals surface area contributed by atoms with E-state index >= 15 is 0 Å². The van der Waals surface area contributed by atoms with Gasteiger partial charge in [0, 0.05) is 24.8 Å². The molecular weight excluding hydrogens is 330 g/mol. The van der Waals surface area contributed by atoms with E-state index in [1.54, 1.807) is 30.3 Å². The molecule has 3 aromatic heterocycles. The van der Waals surface area contributed by atoms with Crippen LogP contribution in [0.4, 0.5) is 8.78 Å². The van der Waals surface area contributed by atoms with Gasteiger partial charge in [-0.2, -0.15) is 10.2 Å². The third kappa shape index (κ3) is 2.84. The lowest BCUT2D eigenvalue weighted by molar-refractivity contribution is 0.0847. The summed E-state index contributed by atoms with van der Waals surface area (Å²) in [6.45, 7) is 0. The molecule has 1 aliphatic carbocycles. The lowest BCUT2D eigenvalue weighted by Gasteiger charge is -2.34. The Balaban J connectivity index is 1.77. The Hall–Kier alpha value is -2.55. The molecule has 0 aliphatic heterocycles. The summed E-state index contributed by atoms with van der Waals surface area (Å²) in [6.07, 6.45) is 5.20. The molecule has 0 bridgehead atoms. The fraction of sp³-hybridized carbons (Fsp3) is 0.438. The first kappa shape index (κ1) is 15.9. The first-order valence-corrected chi connectivity index (χ1v) is 8.04. The Labute approximate surface area is 142 Å². The van der Waals surface area contributed by atoms with Gasteiger partial charge in [0.05, 0.1) is 29.8 Å². The van der Waals surface area contributed by atoms with Crippen LogP contribution < -0.4 is 10.1 Å². The quantitative estimate of drug-likeness (QED) is 0.765. The third-order valence-corrected chi connectivity index (χ3v) is 4.51. The highest BCUT2D eigenvalue weighted by molar-refractivity contribution is 5.67. The average molecular weight is 348 g/mol. The van der Waals surface area contributed by atoms with E-state index in [2.05, 4.69) is 20.5 Å². The lowest BCUT2D eigenvalue weighted by atomic mass is 9.89. The minimum Gasteiger partial charge on any atom is -0.473 e. The van der Waals surface area contributed by atoms with Crippen LogP contribution in [0.2, 0.25) is 0 Å². The van der Waals surface area contributed by atoms with Gasteiger partial charge in [0.15, 0.2) is 0 Å². The molecule has 25 heavy (non-hydrogen) atoms. The van der Waals surface area contributed by atoms with Crippen molar-refractivity contribution in [3.63, 3.8) is 0 Å². The molecule has 3 aromatic rings. The van der Waals surface area contributed by atoms with Crippen molar-refractivity contribution in [3.8, 4) is 17.1 Å². The first-order chi connectivity index (χ1) is 12.0. The van der Waals surface area contributed by atoms with Crippen LogP contribution in [0.25, 0.3) is 16.8 Å². The highest BCUT2D eigenvalue weighted by Gasteiger charge is 2.31. The van der Waals surface area contributed by atoms with Crippen molar-refractivity contribution in [2.75, 3.05) is 7.05 Å². The van der Waals surface area contributed by atoms with E-state index < -0.39 is 6.43 Å². The summed E-state index contributed by atoms with van der Waals surface area (Å²) < 4.78 is 35.7. The van der Waals surface area contributed by atoms with Crippen LogP contribution >= 0.6 is 0 Å². The molecule has 0 amide bonds. The zero-order chi connectivity index (χ0) is 17.6. The van der Waals surface area contributed by atoms with Gasteiger partial charge in [-0.25, -0.2) is 18.3 Å². The molecule has 0 unspecified atom stereocenters. The van der Waals surface area contributed by atoms with E-state index in [0.29, 0.717) is 11.7 Å². The maximum atomic E-state index is 13.3. The number of halogens is 2. The summed E-state index contributed by atoms with van der Waals surface area (Å²) in [4.78, 5) is 4.48. The van der Waals surface area contributed by atoms with Gasteiger partial charge in [-0.15, -0.1) is 0 Å². The number of aryl methyl sites for hydroxylation is 1. The van der Waals surface area contributed by atoms with Gasteiger partial charge < -0.3 is 10.1 Å². The van der Waals surface area contributed by atoms with Crippen molar-refractivity contribution in [2.24, 2.45) is 7.05 Å². The molecule has 0 spiro atoms. The molecule has 0 radical (unpaired) electrons. The fourth-order valence-corrected chi connectivity index (χ4v) is 2.99. The molecule has 7 nitrogen and oxygen atoms in total. The number of alkyl halides is 2. The van der Waals surface area contributed by atoms with Crippen LogP contribution in [0.3, 0.4) is 0 Å². The number of aromatic nitrogens is 5. The SMILES string of the molecule is CN[C@H]1C[C@H](Oc2nc(-c3cnn(C)c3)cn3ncc(C(F)F)c23)C1. The van der Waals surface area contributed by atoms with Crippen molar-refractivity contribution < 1.29 is 13.5 Å². The first-order valence-electron chi connectivity index (χ1n) is 8.04. The molecule has 132 valence electrons. The smallest absolute Gasteiger partial charge is 0.267 e. The number of rotatable bonds is 5. The third-order valence-electron chi connectivity index (χ3n) is 4.51. The normalized spacial score (nSPS) is 20.2. The Morgan fingerprint density at radius 3 is 2.68 bits per heavy atom. The van der Waals surface area contributed by atoms with Crippen molar-refractivity contribution in [1.82, 2.24) is 29.7 Å². The van der Waals surface area contributed by atoms with E-state index in [-0.39, 0.29) is 23.1 Å². The zero-order valence-electron chi connectivity index (χ0n) is 13.9. The number of hydrogen-bond acceptors (Lipinski definition) is 5. The molecule has 1 fully saturated rings. The van der Waals surface area contributed by atoms with Gasteiger partial charge >= 0.3 is 0 Å². The summed E-state index contributed by atoms with van der Waals surface area (Å²) in [5, 5.41) is 11.3. The van der Waals surface area contributed by atoms with E-state index in [1.165, 1.54) is 10.7 Å². The van der Waals surface area contributed by atoms with Gasteiger partial charge in [0.2, 0.25) is 5.88 Å². The standard InChI is InChI=1S/C16H18F2N6O/c1-19-10-3-11(4-10)25-16-14-12(15(17)18)6-21-24(14)8-13(22-16)9-5-20-23(2)7-9/h5-8,10-11,15,19H,3-4H2,1-2H3/t10-,11-. The Morgan fingerprint density at radius 1 is 1.24 bits per heavy atom.